The number of esters is 1. The average Bonchev–Trinajstić information content (AvgIpc) is 2.55. The molecule has 0 fully saturated rings. The first-order valence-electron chi connectivity index (χ1n) is 4.49. The minimum absolute atomic E-state index is 0.0572. The molecule has 0 unspecified atom stereocenters. The van der Waals surface area contributed by atoms with Crippen LogP contribution in [0.5, 0.6) is 0 Å². The molecule has 0 radical (unpaired) electrons. The van der Waals surface area contributed by atoms with Gasteiger partial charge in [0.25, 0.3) is 0 Å². The van der Waals surface area contributed by atoms with Crippen LogP contribution < -0.4 is 0 Å². The summed E-state index contributed by atoms with van der Waals surface area (Å²) in [4.78, 5) is 23.1. The van der Waals surface area contributed by atoms with Gasteiger partial charge in [-0.1, -0.05) is 0 Å². The maximum absolute atomic E-state index is 11.9. The van der Waals surface area contributed by atoms with E-state index in [1.807, 2.05) is 12.1 Å². The molecule has 0 saturated heterocycles. The van der Waals surface area contributed by atoms with Crippen LogP contribution in [0.1, 0.15) is 10.4 Å². The number of rotatable bonds is 2. The van der Waals surface area contributed by atoms with E-state index in [-0.39, 0.29) is 12.5 Å². The summed E-state index contributed by atoms with van der Waals surface area (Å²) in [5.41, 5.74) is 0.617. The summed E-state index contributed by atoms with van der Waals surface area (Å²) in [7, 11) is 7.55. The van der Waals surface area contributed by atoms with Crippen LogP contribution in [0.15, 0.2) is 24.3 Å². The molecule has 0 spiro atoms. The molecular formula is C10H9ClINO3. The Hall–Kier alpha value is -0.820. The van der Waals surface area contributed by atoms with Crippen molar-refractivity contribution in [3.8, 4) is 0 Å². The molecule has 4 nitrogen and oxygen atoms in total. The van der Waals surface area contributed by atoms with E-state index in [1.54, 1.807) is 12.1 Å². The summed E-state index contributed by atoms with van der Waals surface area (Å²) in [5, 5.41) is 0. The second-order valence-electron chi connectivity index (χ2n) is 3.10. The van der Waals surface area contributed by atoms with Gasteiger partial charge in [0.2, 0.25) is 0 Å². The molecule has 1 aliphatic heterocycles. The van der Waals surface area contributed by atoms with Crippen LogP contribution >= 0.6 is 27.9 Å². The topological polar surface area (TPSA) is 46.6 Å². The minimum atomic E-state index is -2.22. The van der Waals surface area contributed by atoms with Crippen LogP contribution in [0.25, 0.3) is 0 Å². The van der Waals surface area contributed by atoms with E-state index >= 15 is 0 Å². The second kappa shape index (κ2) is 4.58. The Morgan fingerprint density at radius 1 is 1.50 bits per heavy atom. The van der Waals surface area contributed by atoms with Crippen molar-refractivity contribution in [3.05, 3.63) is 33.4 Å². The Bertz CT molecular complexity index is 451. The third kappa shape index (κ3) is 1.89. The fourth-order valence-corrected chi connectivity index (χ4v) is 6.15. The summed E-state index contributed by atoms with van der Waals surface area (Å²) in [5.74, 6) is -0.606. The second-order valence-corrected chi connectivity index (χ2v) is 8.50. The number of halogens is 2. The first-order valence-corrected chi connectivity index (χ1v) is 9.27. The molecule has 1 aliphatic rings. The summed E-state index contributed by atoms with van der Waals surface area (Å²) in [6, 6.07) is 7.23. The molecule has 0 aliphatic carbocycles. The van der Waals surface area contributed by atoms with Gasteiger partial charge in [-0.05, 0) is 0 Å². The molecule has 0 N–H and O–H groups in total. The number of hydrogen-bond acceptors (Lipinski definition) is 3. The maximum atomic E-state index is 11.9. The number of benzene rings is 1. The van der Waals surface area contributed by atoms with Gasteiger partial charge >= 0.3 is 104 Å². The van der Waals surface area contributed by atoms with Crippen molar-refractivity contribution in [3.63, 3.8) is 0 Å². The monoisotopic (exact) mass is 353 g/mol. The van der Waals surface area contributed by atoms with Gasteiger partial charge < -0.3 is 0 Å². The van der Waals surface area contributed by atoms with E-state index in [9.17, 15) is 9.59 Å². The molecule has 1 aromatic rings. The van der Waals surface area contributed by atoms with Gasteiger partial charge in [-0.2, -0.15) is 0 Å². The molecule has 1 heterocycles. The van der Waals surface area contributed by atoms with Crippen LogP contribution in [0, 0.1) is 3.57 Å². The van der Waals surface area contributed by atoms with Crippen LogP contribution in [-0.2, 0) is 9.53 Å². The SMILES string of the molecule is COC(=O)CN1C(=O)c2ccccc2I1Cl. The summed E-state index contributed by atoms with van der Waals surface area (Å²) in [6.45, 7) is -0.0572. The first kappa shape index (κ1) is 11.7. The Kier molecular flexibility index (Phi) is 3.34. The van der Waals surface area contributed by atoms with Gasteiger partial charge in [-0.3, -0.25) is 0 Å². The van der Waals surface area contributed by atoms with E-state index in [2.05, 4.69) is 4.74 Å². The Balaban J connectivity index is 2.28. The van der Waals surface area contributed by atoms with Crippen LogP contribution in [0.4, 0.5) is 0 Å². The van der Waals surface area contributed by atoms with Crippen molar-refractivity contribution in [2.24, 2.45) is 0 Å². The van der Waals surface area contributed by atoms with Crippen molar-refractivity contribution >= 4 is 39.7 Å². The molecule has 0 bridgehead atoms. The average molecular weight is 354 g/mol. The quantitative estimate of drug-likeness (QED) is 0.464. The zero-order valence-electron chi connectivity index (χ0n) is 8.44. The fraction of sp³-hybridized carbons (Fsp3) is 0.200. The Morgan fingerprint density at radius 3 is 2.81 bits per heavy atom. The molecule has 1 aromatic carbocycles. The van der Waals surface area contributed by atoms with Gasteiger partial charge in [0.1, 0.15) is 0 Å². The number of hydrogen-bond donors (Lipinski definition) is 0. The molecule has 16 heavy (non-hydrogen) atoms. The van der Waals surface area contributed by atoms with Crippen LogP contribution in [0.3, 0.4) is 0 Å². The van der Waals surface area contributed by atoms with Gasteiger partial charge in [0, 0.05) is 0 Å². The number of methoxy groups -OCH3 is 1. The summed E-state index contributed by atoms with van der Waals surface area (Å²) >= 11 is -2.22. The first-order chi connectivity index (χ1) is 7.65. The van der Waals surface area contributed by atoms with Gasteiger partial charge in [0.15, 0.2) is 0 Å². The van der Waals surface area contributed by atoms with E-state index in [0.717, 1.165) is 3.57 Å². The van der Waals surface area contributed by atoms with Gasteiger partial charge in [-0.15, -0.1) is 0 Å². The van der Waals surface area contributed by atoms with Crippen molar-refractivity contribution < 1.29 is 14.3 Å². The third-order valence-electron chi connectivity index (χ3n) is 2.17. The summed E-state index contributed by atoms with van der Waals surface area (Å²) in [6.07, 6.45) is 0. The molecule has 0 aromatic heterocycles. The Morgan fingerprint density at radius 2 is 2.19 bits per heavy atom. The van der Waals surface area contributed by atoms with Gasteiger partial charge in [-0.25, -0.2) is 0 Å². The molecule has 6 heteroatoms. The zero-order chi connectivity index (χ0) is 11.7. The summed E-state index contributed by atoms with van der Waals surface area (Å²) < 4.78 is 6.88. The molecular weight excluding hydrogens is 344 g/mol. The van der Waals surface area contributed by atoms with E-state index in [1.165, 1.54) is 10.2 Å². The van der Waals surface area contributed by atoms with E-state index in [0.29, 0.717) is 5.56 Å². The molecule has 0 saturated carbocycles. The van der Waals surface area contributed by atoms with Crippen LogP contribution in [-0.4, -0.2) is 28.6 Å². The molecule has 0 atom stereocenters. The number of amides is 1. The molecule has 86 valence electrons. The van der Waals surface area contributed by atoms with E-state index in [4.69, 9.17) is 8.91 Å². The van der Waals surface area contributed by atoms with Crippen molar-refractivity contribution in [2.75, 3.05) is 13.7 Å². The van der Waals surface area contributed by atoms with Crippen molar-refractivity contribution in [2.45, 2.75) is 0 Å². The van der Waals surface area contributed by atoms with Gasteiger partial charge in [0.05, 0.1) is 0 Å². The third-order valence-corrected chi connectivity index (χ3v) is 7.94. The number of nitrogens with zero attached hydrogens (tertiary/aromatic N) is 1. The van der Waals surface area contributed by atoms with Crippen molar-refractivity contribution in [1.29, 1.82) is 0 Å². The predicted octanol–water partition coefficient (Wildman–Crippen LogP) is 2.06. The standard InChI is InChI=1S/C10H9ClINO3/c1-16-9(14)6-13-10(15)7-4-2-3-5-8(7)12(13)11/h2-5H,6H2,1H3. The number of ether oxygens (including phenoxy) is 1. The predicted molar refractivity (Wildman–Crippen MR) is 68.1 cm³/mol. The van der Waals surface area contributed by atoms with Crippen molar-refractivity contribution in [1.82, 2.24) is 3.11 Å². The molecule has 2 rings (SSSR count). The normalized spacial score (nSPS) is 16.2. The number of carbonyl (C=O) groups excluding carboxylic acids is 2. The fourth-order valence-electron chi connectivity index (χ4n) is 1.38. The molecule has 1 amide bonds. The number of fused-ring (bicyclic) bond motifs is 1. The zero-order valence-corrected chi connectivity index (χ0v) is 11.4. The van der Waals surface area contributed by atoms with E-state index < -0.39 is 24.9 Å². The Labute approximate surface area is 104 Å². The number of carbonyl (C=O) groups is 2. The van der Waals surface area contributed by atoms with Crippen LogP contribution in [0.2, 0.25) is 0 Å².